The van der Waals surface area contributed by atoms with E-state index in [9.17, 15) is 35.9 Å². The predicted molar refractivity (Wildman–Crippen MR) is 149 cm³/mol. The van der Waals surface area contributed by atoms with E-state index in [2.05, 4.69) is 30.8 Å². The molecule has 1 atom stereocenters. The summed E-state index contributed by atoms with van der Waals surface area (Å²) in [6.07, 6.45) is 6.11. The van der Waals surface area contributed by atoms with Crippen LogP contribution in [-0.4, -0.2) is 60.3 Å². The Morgan fingerprint density at radius 2 is 1.84 bits per heavy atom. The Morgan fingerprint density at radius 3 is 2.36 bits per heavy atom. The molecule has 0 bridgehead atoms. The van der Waals surface area contributed by atoms with Gasteiger partial charge < -0.3 is 10.6 Å². The lowest BCUT2D eigenvalue weighted by Gasteiger charge is -2.33. The summed E-state index contributed by atoms with van der Waals surface area (Å²) in [6, 6.07) is 0.982. The molecule has 2 fully saturated rings. The Bertz CT molecular complexity index is 1380. The van der Waals surface area contributed by atoms with Gasteiger partial charge in [-0.3, -0.25) is 14.3 Å². The second-order valence-electron chi connectivity index (χ2n) is 11.2. The van der Waals surface area contributed by atoms with Crippen molar-refractivity contribution in [2.45, 2.75) is 103 Å². The maximum absolute atomic E-state index is 14.6. The second kappa shape index (κ2) is 14.8. The van der Waals surface area contributed by atoms with Gasteiger partial charge in [0.25, 0.3) is 11.7 Å². The van der Waals surface area contributed by atoms with Gasteiger partial charge in [-0.25, -0.2) is 27.7 Å². The van der Waals surface area contributed by atoms with Crippen LogP contribution in [0.4, 0.5) is 26.3 Å². The minimum Gasteiger partial charge on any atom is -0.356 e. The highest BCUT2D eigenvalue weighted by molar-refractivity contribution is 5.92. The summed E-state index contributed by atoms with van der Waals surface area (Å²) in [5.74, 6) is -2.90. The lowest BCUT2D eigenvalue weighted by molar-refractivity contribution is -0.122. The van der Waals surface area contributed by atoms with Crippen LogP contribution in [0.25, 0.3) is 5.78 Å². The smallest absolute Gasteiger partial charge is 0.356 e. The number of piperidine rings is 1. The fourth-order valence-corrected chi connectivity index (χ4v) is 5.18. The summed E-state index contributed by atoms with van der Waals surface area (Å²) in [4.78, 5) is 32.3. The Morgan fingerprint density at radius 1 is 1.18 bits per heavy atom. The summed E-state index contributed by atoms with van der Waals surface area (Å²) >= 11 is 0. The standard InChI is InChI=1S/C22H28F3N7O.C5H9NO.CHF3/c1-5-31-16(8-11-26-31)19(33)28-17(14-6-9-22(24,25)10-7-14)15-12-32-20(27-15)29-18(13(2)30-32)21(3,4)23;7-5-3-1-2-4-6-5;2-1(3)4/h8,11-12,14,17H,5-7,9-10H2,1-4H3,(H,28,33);1-4H2,(H,6,7);1H. The van der Waals surface area contributed by atoms with Gasteiger partial charge in [0.15, 0.2) is 0 Å². The highest BCUT2D eigenvalue weighted by Crippen LogP contribution is 2.41. The van der Waals surface area contributed by atoms with Crippen LogP contribution in [0.3, 0.4) is 0 Å². The van der Waals surface area contributed by atoms with E-state index in [0.29, 0.717) is 23.6 Å². The van der Waals surface area contributed by atoms with Crippen LogP contribution in [0, 0.1) is 12.8 Å². The van der Waals surface area contributed by atoms with E-state index in [4.69, 9.17) is 0 Å². The minimum atomic E-state index is -3.67. The molecule has 2 N–H and O–H groups in total. The quantitative estimate of drug-likeness (QED) is 0.341. The number of nitrogens with zero attached hydrogens (tertiary/aromatic N) is 6. The van der Waals surface area contributed by atoms with E-state index in [1.54, 1.807) is 23.9 Å². The van der Waals surface area contributed by atoms with Crippen molar-refractivity contribution in [1.29, 1.82) is 0 Å². The van der Waals surface area contributed by atoms with E-state index >= 15 is 0 Å². The molecule has 2 aliphatic rings. The molecule has 16 heteroatoms. The van der Waals surface area contributed by atoms with E-state index in [-0.39, 0.29) is 54.9 Å². The number of amides is 2. The Balaban J connectivity index is 0.000000407. The molecule has 2 amide bonds. The van der Waals surface area contributed by atoms with Gasteiger partial charge in [0, 0.05) is 38.5 Å². The minimum absolute atomic E-state index is 0.178. The van der Waals surface area contributed by atoms with Crippen molar-refractivity contribution < 1.29 is 35.9 Å². The number of nitrogens with one attached hydrogen (secondary N) is 2. The molecule has 0 aromatic carbocycles. The molecular weight excluding hydrogens is 594 g/mol. The molecule has 0 radical (unpaired) electrons. The molecular formula is C28H38F6N8O2. The molecule has 0 spiro atoms. The number of fused-ring (bicyclic) bond motifs is 1. The zero-order valence-corrected chi connectivity index (χ0v) is 25.1. The molecule has 10 nitrogen and oxygen atoms in total. The van der Waals surface area contributed by atoms with Crippen LogP contribution in [0.1, 0.15) is 99.3 Å². The van der Waals surface area contributed by atoms with Crippen molar-refractivity contribution in [3.8, 4) is 0 Å². The number of carbonyl (C=O) groups is 2. The Labute approximate surface area is 251 Å². The summed E-state index contributed by atoms with van der Waals surface area (Å²) in [5.41, 5.74) is -0.276. The largest absolute Gasteiger partial charge is 0.379 e. The molecule has 1 saturated heterocycles. The van der Waals surface area contributed by atoms with Gasteiger partial charge in [-0.05, 0) is 65.4 Å². The summed E-state index contributed by atoms with van der Waals surface area (Å²) in [5, 5.41) is 14.2. The monoisotopic (exact) mass is 632 g/mol. The van der Waals surface area contributed by atoms with Crippen molar-refractivity contribution in [1.82, 2.24) is 40.0 Å². The normalized spacial score (nSPS) is 17.7. The van der Waals surface area contributed by atoms with Gasteiger partial charge in [0.05, 0.1) is 23.6 Å². The second-order valence-corrected chi connectivity index (χ2v) is 11.2. The number of hydrogen-bond donors (Lipinski definition) is 2. The van der Waals surface area contributed by atoms with Crippen molar-refractivity contribution in [3.05, 3.63) is 41.2 Å². The molecule has 5 rings (SSSR count). The third kappa shape index (κ3) is 9.64. The molecule has 3 aromatic rings. The summed E-state index contributed by atoms with van der Waals surface area (Å²) in [7, 11) is 0. The molecule has 1 aliphatic carbocycles. The number of aryl methyl sites for hydroxylation is 2. The van der Waals surface area contributed by atoms with Crippen LogP contribution in [0.5, 0.6) is 0 Å². The lowest BCUT2D eigenvalue weighted by Crippen LogP contribution is -2.38. The van der Waals surface area contributed by atoms with Gasteiger partial charge in [-0.15, -0.1) is 0 Å². The zero-order chi connectivity index (χ0) is 32.7. The van der Waals surface area contributed by atoms with Gasteiger partial charge in [0.1, 0.15) is 17.1 Å². The number of alkyl halides is 6. The fourth-order valence-electron chi connectivity index (χ4n) is 5.18. The SMILES string of the molecule is CCn1nccc1C(=O)NC(c1cn2nc(C)c(C(C)(C)F)nc2n1)C1CCC(F)(F)CC1.FC(F)F.O=C1CCCCN1. The highest BCUT2D eigenvalue weighted by Gasteiger charge is 2.39. The molecule has 1 aliphatic heterocycles. The number of rotatable bonds is 6. The zero-order valence-electron chi connectivity index (χ0n) is 25.1. The Hall–Kier alpha value is -3.72. The maximum Gasteiger partial charge on any atom is 0.379 e. The number of halogens is 6. The number of imidazole rings is 1. The first-order valence-electron chi connectivity index (χ1n) is 14.4. The average Bonchev–Trinajstić information content (AvgIpc) is 3.58. The van der Waals surface area contributed by atoms with Crippen LogP contribution >= 0.6 is 0 Å². The van der Waals surface area contributed by atoms with Gasteiger partial charge in [0.2, 0.25) is 11.8 Å². The van der Waals surface area contributed by atoms with Crippen molar-refractivity contribution >= 4 is 17.6 Å². The van der Waals surface area contributed by atoms with E-state index in [0.717, 1.165) is 25.8 Å². The third-order valence-corrected chi connectivity index (χ3v) is 7.30. The predicted octanol–water partition coefficient (Wildman–Crippen LogP) is 5.62. The maximum atomic E-state index is 14.6. The van der Waals surface area contributed by atoms with Crippen molar-refractivity contribution in [3.63, 3.8) is 0 Å². The van der Waals surface area contributed by atoms with E-state index in [1.165, 1.54) is 24.6 Å². The van der Waals surface area contributed by atoms with Crippen LogP contribution in [0.15, 0.2) is 18.5 Å². The van der Waals surface area contributed by atoms with Crippen molar-refractivity contribution in [2.75, 3.05) is 6.54 Å². The first-order valence-corrected chi connectivity index (χ1v) is 14.4. The topological polar surface area (TPSA) is 119 Å². The van der Waals surface area contributed by atoms with Crippen molar-refractivity contribution in [2.24, 2.45) is 5.92 Å². The fraction of sp³-hybridized carbons (Fsp3) is 0.643. The molecule has 3 aromatic heterocycles. The van der Waals surface area contributed by atoms with Crippen LogP contribution < -0.4 is 10.6 Å². The first kappa shape index (κ1) is 34.8. The highest BCUT2D eigenvalue weighted by atomic mass is 19.4. The molecule has 4 heterocycles. The lowest BCUT2D eigenvalue weighted by atomic mass is 9.81. The molecule has 244 valence electrons. The van der Waals surface area contributed by atoms with Crippen LogP contribution in [-0.2, 0) is 17.0 Å². The number of hydrogen-bond acceptors (Lipinski definition) is 6. The van der Waals surface area contributed by atoms with Gasteiger partial charge >= 0.3 is 6.68 Å². The number of aromatic nitrogens is 6. The third-order valence-electron chi connectivity index (χ3n) is 7.30. The van der Waals surface area contributed by atoms with Gasteiger partial charge in [-0.2, -0.15) is 23.4 Å². The summed E-state index contributed by atoms with van der Waals surface area (Å²) in [6.45, 7) is 4.06. The van der Waals surface area contributed by atoms with E-state index < -0.39 is 24.3 Å². The Kier molecular flexibility index (Phi) is 11.7. The number of carbonyl (C=O) groups excluding carboxylic acids is 2. The van der Waals surface area contributed by atoms with Gasteiger partial charge in [-0.1, -0.05) is 0 Å². The first-order chi connectivity index (χ1) is 20.6. The molecule has 44 heavy (non-hydrogen) atoms. The van der Waals surface area contributed by atoms with Crippen LogP contribution in [0.2, 0.25) is 0 Å². The average molecular weight is 633 g/mol. The molecule has 1 saturated carbocycles. The summed E-state index contributed by atoms with van der Waals surface area (Å²) < 4.78 is 74.2. The molecule has 1 unspecified atom stereocenters. The van der Waals surface area contributed by atoms with E-state index in [1.807, 2.05) is 6.92 Å².